The summed E-state index contributed by atoms with van der Waals surface area (Å²) in [4.78, 5) is 29.1. The van der Waals surface area contributed by atoms with E-state index < -0.39 is 6.04 Å². The number of rotatable bonds is 6. The van der Waals surface area contributed by atoms with Crippen molar-refractivity contribution in [2.45, 2.75) is 18.9 Å². The predicted octanol–water partition coefficient (Wildman–Crippen LogP) is 3.06. The third-order valence-electron chi connectivity index (χ3n) is 5.72. The van der Waals surface area contributed by atoms with Crippen molar-refractivity contribution in [1.82, 2.24) is 9.80 Å². The van der Waals surface area contributed by atoms with Gasteiger partial charge in [0.2, 0.25) is 12.7 Å². The molecular weight excluding hydrogens is 420 g/mol. The molecule has 0 spiro atoms. The molecule has 7 nitrogen and oxygen atoms in total. The molecule has 4 rings (SSSR count). The van der Waals surface area contributed by atoms with Crippen LogP contribution >= 0.6 is 11.6 Å². The molecular formula is C23H25ClN2O5. The van der Waals surface area contributed by atoms with Crippen LogP contribution in [0.15, 0.2) is 42.5 Å². The molecule has 2 heterocycles. The largest absolute Gasteiger partial charge is 0.468 e. The third-order valence-corrected chi connectivity index (χ3v) is 6.07. The normalized spacial score (nSPS) is 16.8. The second-order valence-electron chi connectivity index (χ2n) is 7.55. The van der Waals surface area contributed by atoms with Gasteiger partial charge in [-0.05, 0) is 35.7 Å². The third kappa shape index (κ3) is 4.78. The Kier molecular flexibility index (Phi) is 6.63. The molecule has 31 heavy (non-hydrogen) atoms. The monoisotopic (exact) mass is 444 g/mol. The van der Waals surface area contributed by atoms with E-state index in [0.29, 0.717) is 44.0 Å². The first-order valence-electron chi connectivity index (χ1n) is 10.3. The first kappa shape index (κ1) is 21.5. The predicted molar refractivity (Wildman–Crippen MR) is 115 cm³/mol. The Hall–Kier alpha value is -2.77. The fourth-order valence-electron chi connectivity index (χ4n) is 4.02. The first-order valence-corrected chi connectivity index (χ1v) is 10.7. The van der Waals surface area contributed by atoms with Crippen molar-refractivity contribution < 1.29 is 23.8 Å². The van der Waals surface area contributed by atoms with Crippen LogP contribution in [0.2, 0.25) is 5.02 Å². The van der Waals surface area contributed by atoms with Crippen LogP contribution in [0.1, 0.15) is 23.6 Å². The molecule has 0 radical (unpaired) electrons. The summed E-state index contributed by atoms with van der Waals surface area (Å²) < 4.78 is 15.8. The number of amides is 1. The van der Waals surface area contributed by atoms with Gasteiger partial charge in [0.15, 0.2) is 11.5 Å². The van der Waals surface area contributed by atoms with Crippen LogP contribution in [0, 0.1) is 0 Å². The quantitative estimate of drug-likeness (QED) is 0.638. The van der Waals surface area contributed by atoms with Crippen molar-refractivity contribution in [3.8, 4) is 11.5 Å². The van der Waals surface area contributed by atoms with Crippen LogP contribution in [0.5, 0.6) is 11.5 Å². The highest BCUT2D eigenvalue weighted by atomic mass is 35.5. The highest BCUT2D eigenvalue weighted by Gasteiger charge is 2.33. The van der Waals surface area contributed by atoms with Crippen LogP contribution in [-0.4, -0.2) is 61.8 Å². The number of benzene rings is 2. The smallest absolute Gasteiger partial charge is 0.327 e. The zero-order chi connectivity index (χ0) is 21.8. The molecule has 2 aliphatic heterocycles. The Morgan fingerprint density at radius 1 is 1.06 bits per heavy atom. The second-order valence-corrected chi connectivity index (χ2v) is 7.96. The Labute approximate surface area is 186 Å². The number of piperazine rings is 1. The number of aryl methyl sites for hydroxylation is 1. The highest BCUT2D eigenvalue weighted by molar-refractivity contribution is 6.31. The summed E-state index contributed by atoms with van der Waals surface area (Å²) in [6, 6.07) is 12.5. The van der Waals surface area contributed by atoms with Gasteiger partial charge in [0.05, 0.1) is 7.11 Å². The molecule has 0 N–H and O–H groups in total. The van der Waals surface area contributed by atoms with E-state index in [9.17, 15) is 9.59 Å². The lowest BCUT2D eigenvalue weighted by atomic mass is 10.0. The van der Waals surface area contributed by atoms with Gasteiger partial charge in [0.25, 0.3) is 0 Å². The van der Waals surface area contributed by atoms with Gasteiger partial charge in [-0.2, -0.15) is 0 Å². The maximum Gasteiger partial charge on any atom is 0.327 e. The lowest BCUT2D eigenvalue weighted by Gasteiger charge is -2.38. The summed E-state index contributed by atoms with van der Waals surface area (Å²) in [7, 11) is 1.38. The summed E-state index contributed by atoms with van der Waals surface area (Å²) >= 11 is 6.34. The fraction of sp³-hybridized carbons (Fsp3) is 0.391. The number of halogens is 1. The van der Waals surface area contributed by atoms with Gasteiger partial charge in [-0.1, -0.05) is 35.9 Å². The average molecular weight is 445 g/mol. The molecule has 2 aliphatic rings. The summed E-state index contributed by atoms with van der Waals surface area (Å²) in [5, 5.41) is 0.528. The van der Waals surface area contributed by atoms with Gasteiger partial charge in [-0.15, -0.1) is 0 Å². The van der Waals surface area contributed by atoms with Crippen LogP contribution in [-0.2, 0) is 20.7 Å². The maximum atomic E-state index is 12.7. The first-order chi connectivity index (χ1) is 15.1. The fourth-order valence-corrected chi connectivity index (χ4v) is 4.26. The number of carbonyl (C=O) groups is 2. The van der Waals surface area contributed by atoms with Gasteiger partial charge in [0.1, 0.15) is 6.04 Å². The van der Waals surface area contributed by atoms with Gasteiger partial charge in [0, 0.05) is 37.6 Å². The maximum absolute atomic E-state index is 12.7. The second kappa shape index (κ2) is 9.58. The summed E-state index contributed by atoms with van der Waals surface area (Å²) in [6.45, 7) is 2.49. The van der Waals surface area contributed by atoms with Crippen molar-refractivity contribution in [2.24, 2.45) is 0 Å². The van der Waals surface area contributed by atoms with Gasteiger partial charge < -0.3 is 19.1 Å². The summed E-state index contributed by atoms with van der Waals surface area (Å²) in [6.07, 6.45) is 1.06. The molecule has 164 valence electrons. The Morgan fingerprint density at radius 2 is 1.81 bits per heavy atom. The Bertz CT molecular complexity index is 959. The zero-order valence-corrected chi connectivity index (χ0v) is 18.1. The van der Waals surface area contributed by atoms with E-state index >= 15 is 0 Å². The van der Waals surface area contributed by atoms with Crippen molar-refractivity contribution in [3.63, 3.8) is 0 Å². The number of methoxy groups -OCH3 is 1. The molecule has 0 saturated carbocycles. The van der Waals surface area contributed by atoms with E-state index in [1.807, 2.05) is 46.2 Å². The van der Waals surface area contributed by atoms with E-state index in [1.165, 1.54) is 7.11 Å². The molecule has 2 aromatic rings. The van der Waals surface area contributed by atoms with Crippen molar-refractivity contribution in [1.29, 1.82) is 0 Å². The lowest BCUT2D eigenvalue weighted by molar-refractivity contribution is -0.148. The minimum absolute atomic E-state index is 0.102. The number of ether oxygens (including phenoxy) is 3. The minimum atomic E-state index is -0.579. The standard InChI is InChI=1S/C23H25ClN2O5/c1-29-23(28)22(17-4-2-3-5-18(17)24)26-12-10-25(11-13-26)21(27)9-7-16-6-8-19-20(14-16)31-15-30-19/h2-6,8,14,22H,7,9-13,15H2,1H3. The average Bonchev–Trinajstić information content (AvgIpc) is 3.27. The van der Waals surface area contributed by atoms with Crippen molar-refractivity contribution in [3.05, 3.63) is 58.6 Å². The van der Waals surface area contributed by atoms with Gasteiger partial charge in [-0.3, -0.25) is 9.69 Å². The summed E-state index contributed by atoms with van der Waals surface area (Å²) in [5.74, 6) is 1.22. The number of hydrogen-bond acceptors (Lipinski definition) is 6. The molecule has 0 aromatic heterocycles. The van der Waals surface area contributed by atoms with Crippen LogP contribution in [0.4, 0.5) is 0 Å². The number of fused-ring (bicyclic) bond motifs is 1. The molecule has 0 aliphatic carbocycles. The minimum Gasteiger partial charge on any atom is -0.468 e. The van der Waals surface area contributed by atoms with Crippen LogP contribution in [0.25, 0.3) is 0 Å². The molecule has 2 aromatic carbocycles. The molecule has 1 fully saturated rings. The van der Waals surface area contributed by atoms with E-state index in [-0.39, 0.29) is 18.7 Å². The molecule has 1 atom stereocenters. The van der Waals surface area contributed by atoms with E-state index in [2.05, 4.69) is 0 Å². The zero-order valence-electron chi connectivity index (χ0n) is 17.4. The number of esters is 1. The molecule has 1 unspecified atom stereocenters. The van der Waals surface area contributed by atoms with Crippen molar-refractivity contribution in [2.75, 3.05) is 40.1 Å². The molecule has 8 heteroatoms. The van der Waals surface area contributed by atoms with Gasteiger partial charge >= 0.3 is 5.97 Å². The number of carbonyl (C=O) groups excluding carboxylic acids is 2. The topological polar surface area (TPSA) is 68.3 Å². The van der Waals surface area contributed by atoms with E-state index in [1.54, 1.807) is 6.07 Å². The van der Waals surface area contributed by atoms with Crippen LogP contribution in [0.3, 0.4) is 0 Å². The van der Waals surface area contributed by atoms with E-state index in [4.69, 9.17) is 25.8 Å². The summed E-state index contributed by atoms with van der Waals surface area (Å²) in [5.41, 5.74) is 1.76. The number of hydrogen-bond donors (Lipinski definition) is 0. The number of nitrogens with zero attached hydrogens (tertiary/aromatic N) is 2. The Morgan fingerprint density at radius 3 is 2.55 bits per heavy atom. The van der Waals surface area contributed by atoms with Gasteiger partial charge in [-0.25, -0.2) is 4.79 Å². The van der Waals surface area contributed by atoms with E-state index in [0.717, 1.165) is 22.6 Å². The van der Waals surface area contributed by atoms with Crippen LogP contribution < -0.4 is 9.47 Å². The molecule has 1 saturated heterocycles. The molecule has 0 bridgehead atoms. The highest BCUT2D eigenvalue weighted by Crippen LogP contribution is 2.33. The lowest BCUT2D eigenvalue weighted by Crippen LogP contribution is -2.51. The molecule has 1 amide bonds. The SMILES string of the molecule is COC(=O)C(c1ccccc1Cl)N1CCN(C(=O)CCc2ccc3c(c2)OCO3)CC1. The van der Waals surface area contributed by atoms with Crippen molar-refractivity contribution >= 4 is 23.5 Å². The Balaban J connectivity index is 1.34.